The summed E-state index contributed by atoms with van der Waals surface area (Å²) in [5.41, 5.74) is 2.01. The maximum atomic E-state index is 13.7. The highest BCUT2D eigenvalue weighted by Crippen LogP contribution is 2.30. The molecule has 0 atom stereocenters. The summed E-state index contributed by atoms with van der Waals surface area (Å²) in [5, 5.41) is 12.3. The molecule has 11 heteroatoms. The summed E-state index contributed by atoms with van der Waals surface area (Å²) in [7, 11) is -4.09. The van der Waals surface area contributed by atoms with Gasteiger partial charge in [-0.3, -0.25) is 14.4 Å². The fourth-order valence-corrected chi connectivity index (χ4v) is 6.04. The Balaban J connectivity index is 1.38. The van der Waals surface area contributed by atoms with Crippen molar-refractivity contribution in [3.63, 3.8) is 0 Å². The van der Waals surface area contributed by atoms with Gasteiger partial charge in [0.2, 0.25) is 11.0 Å². The number of rotatable bonds is 9. The molecule has 0 aliphatic heterocycles. The molecule has 4 aromatic carbocycles. The summed E-state index contributed by atoms with van der Waals surface area (Å²) in [6.45, 7) is 1.39. The van der Waals surface area contributed by atoms with Crippen molar-refractivity contribution < 1.29 is 17.9 Å². The molecule has 1 aromatic heterocycles. The van der Waals surface area contributed by atoms with Crippen molar-refractivity contribution in [1.29, 1.82) is 0 Å². The minimum atomic E-state index is -4.09. The van der Waals surface area contributed by atoms with Crippen LogP contribution in [0.3, 0.4) is 0 Å². The van der Waals surface area contributed by atoms with Gasteiger partial charge in [-0.2, -0.15) is 0 Å². The summed E-state index contributed by atoms with van der Waals surface area (Å²) in [6.07, 6.45) is 0. The zero-order valence-electron chi connectivity index (χ0n) is 21.2. The van der Waals surface area contributed by atoms with Crippen molar-refractivity contribution in [3.8, 4) is 22.1 Å². The molecule has 5 rings (SSSR count). The fourth-order valence-electron chi connectivity index (χ4n) is 3.73. The largest absolute Gasteiger partial charge is 0.457 e. The maximum Gasteiger partial charge on any atom is 0.264 e. The molecule has 0 saturated carbocycles. The lowest BCUT2D eigenvalue weighted by molar-refractivity contribution is -0.114. The second kappa shape index (κ2) is 11.9. The van der Waals surface area contributed by atoms with E-state index in [1.165, 1.54) is 23.5 Å². The molecule has 1 N–H and O–H groups in total. The minimum Gasteiger partial charge on any atom is -0.457 e. The minimum absolute atomic E-state index is 0.0662. The van der Waals surface area contributed by atoms with Crippen LogP contribution in [0.4, 0.5) is 10.8 Å². The molecular formula is C29H23ClN4O4S2. The highest BCUT2D eigenvalue weighted by molar-refractivity contribution is 7.92. The molecule has 0 saturated heterocycles. The first-order chi connectivity index (χ1) is 19.3. The van der Waals surface area contributed by atoms with Gasteiger partial charge >= 0.3 is 0 Å². The van der Waals surface area contributed by atoms with Gasteiger partial charge in [-0.25, -0.2) is 8.42 Å². The number of amides is 1. The Kier molecular flexibility index (Phi) is 8.11. The summed E-state index contributed by atoms with van der Waals surface area (Å²) in [6, 6.07) is 29.3. The SMILES string of the molecule is Cc1ccc(S(=O)(=O)N(CC(=O)Nc2nnc(-c3ccc(Cl)cc3)s2)c2ccc(Oc3ccccc3)cc2)cc1. The third-order valence-electron chi connectivity index (χ3n) is 5.76. The van der Waals surface area contributed by atoms with Crippen LogP contribution in [0.2, 0.25) is 5.02 Å². The lowest BCUT2D eigenvalue weighted by atomic mass is 10.2. The number of sulfonamides is 1. The predicted molar refractivity (Wildman–Crippen MR) is 158 cm³/mol. The lowest BCUT2D eigenvalue weighted by Gasteiger charge is -2.24. The van der Waals surface area contributed by atoms with Crippen LogP contribution in [-0.4, -0.2) is 31.1 Å². The quantitative estimate of drug-likeness (QED) is 0.203. The normalized spacial score (nSPS) is 11.2. The van der Waals surface area contributed by atoms with E-state index < -0.39 is 22.5 Å². The van der Waals surface area contributed by atoms with E-state index in [-0.39, 0.29) is 10.0 Å². The summed E-state index contributed by atoms with van der Waals surface area (Å²) >= 11 is 7.13. The summed E-state index contributed by atoms with van der Waals surface area (Å²) < 4.78 is 34.3. The van der Waals surface area contributed by atoms with Crippen molar-refractivity contribution in [2.75, 3.05) is 16.2 Å². The number of aromatic nitrogens is 2. The lowest BCUT2D eigenvalue weighted by Crippen LogP contribution is -2.38. The molecule has 1 amide bonds. The molecule has 1 heterocycles. The van der Waals surface area contributed by atoms with E-state index in [1.807, 2.05) is 37.3 Å². The Morgan fingerprint density at radius 1 is 0.875 bits per heavy atom. The number of carbonyl (C=O) groups is 1. The molecule has 40 heavy (non-hydrogen) atoms. The van der Waals surface area contributed by atoms with Crippen LogP contribution >= 0.6 is 22.9 Å². The number of nitrogens with zero attached hydrogens (tertiary/aromatic N) is 3. The zero-order chi connectivity index (χ0) is 28.1. The number of nitrogens with one attached hydrogen (secondary N) is 1. The number of carbonyl (C=O) groups excluding carboxylic acids is 1. The van der Waals surface area contributed by atoms with Crippen LogP contribution in [0, 0.1) is 6.92 Å². The average Bonchev–Trinajstić information content (AvgIpc) is 3.42. The third-order valence-corrected chi connectivity index (χ3v) is 8.69. The van der Waals surface area contributed by atoms with Gasteiger partial charge in [-0.05, 0) is 67.6 Å². The highest BCUT2D eigenvalue weighted by Gasteiger charge is 2.28. The molecule has 0 aliphatic carbocycles. The van der Waals surface area contributed by atoms with E-state index in [0.717, 1.165) is 15.4 Å². The zero-order valence-corrected chi connectivity index (χ0v) is 23.6. The summed E-state index contributed by atoms with van der Waals surface area (Å²) in [5.74, 6) is 0.601. The molecule has 0 unspecified atom stereocenters. The van der Waals surface area contributed by atoms with Crippen LogP contribution in [0.5, 0.6) is 11.5 Å². The summed E-state index contributed by atoms with van der Waals surface area (Å²) in [4.78, 5) is 13.2. The number of anilines is 2. The Bertz CT molecular complexity index is 1710. The van der Waals surface area contributed by atoms with Gasteiger partial charge in [0.15, 0.2) is 0 Å². The highest BCUT2D eigenvalue weighted by atomic mass is 35.5. The van der Waals surface area contributed by atoms with Gasteiger partial charge in [0.05, 0.1) is 10.6 Å². The molecular weight excluding hydrogens is 568 g/mol. The molecule has 0 radical (unpaired) electrons. The van der Waals surface area contributed by atoms with Crippen molar-refractivity contribution in [2.45, 2.75) is 11.8 Å². The Morgan fingerprint density at radius 3 is 2.20 bits per heavy atom. The van der Waals surface area contributed by atoms with Crippen LogP contribution in [0.25, 0.3) is 10.6 Å². The molecule has 0 bridgehead atoms. The Hall–Kier alpha value is -4.25. The molecule has 0 aliphatic rings. The van der Waals surface area contributed by atoms with E-state index in [1.54, 1.807) is 60.7 Å². The van der Waals surface area contributed by atoms with Crippen LogP contribution in [-0.2, 0) is 14.8 Å². The van der Waals surface area contributed by atoms with Gasteiger partial charge in [0.25, 0.3) is 10.0 Å². The van der Waals surface area contributed by atoms with Gasteiger partial charge in [0.1, 0.15) is 23.1 Å². The van der Waals surface area contributed by atoms with E-state index in [0.29, 0.717) is 27.2 Å². The van der Waals surface area contributed by atoms with E-state index >= 15 is 0 Å². The van der Waals surface area contributed by atoms with Crippen molar-refractivity contribution in [2.24, 2.45) is 0 Å². The second-order valence-electron chi connectivity index (χ2n) is 8.70. The van der Waals surface area contributed by atoms with Crippen molar-refractivity contribution in [3.05, 3.63) is 114 Å². The first-order valence-electron chi connectivity index (χ1n) is 12.1. The standard InChI is InChI=1S/C29H23ClN4O4S2/c1-20-7-17-26(18-8-20)40(36,37)34(23-13-15-25(16-14-23)38-24-5-3-2-4-6-24)19-27(35)31-29-33-32-28(39-29)21-9-11-22(30)12-10-21/h2-18H,19H2,1H3,(H,31,33,35). The van der Waals surface area contributed by atoms with Crippen LogP contribution in [0.1, 0.15) is 5.56 Å². The second-order valence-corrected chi connectivity index (χ2v) is 12.0. The van der Waals surface area contributed by atoms with Gasteiger partial charge in [0, 0.05) is 10.6 Å². The van der Waals surface area contributed by atoms with Crippen molar-refractivity contribution in [1.82, 2.24) is 10.2 Å². The van der Waals surface area contributed by atoms with Gasteiger partial charge in [-0.1, -0.05) is 71.0 Å². The first kappa shape index (κ1) is 27.3. The molecule has 5 aromatic rings. The van der Waals surface area contributed by atoms with E-state index in [9.17, 15) is 13.2 Å². The van der Waals surface area contributed by atoms with E-state index in [4.69, 9.17) is 16.3 Å². The first-order valence-corrected chi connectivity index (χ1v) is 14.7. The fraction of sp³-hybridized carbons (Fsp3) is 0.0690. The number of hydrogen-bond acceptors (Lipinski definition) is 7. The Morgan fingerprint density at radius 2 is 1.52 bits per heavy atom. The van der Waals surface area contributed by atoms with Gasteiger partial charge in [-0.15, -0.1) is 10.2 Å². The number of benzene rings is 4. The van der Waals surface area contributed by atoms with Crippen LogP contribution in [0.15, 0.2) is 108 Å². The number of hydrogen-bond donors (Lipinski definition) is 1. The van der Waals surface area contributed by atoms with Crippen molar-refractivity contribution >= 4 is 49.7 Å². The number of halogens is 1. The average molecular weight is 591 g/mol. The number of para-hydroxylation sites is 1. The topological polar surface area (TPSA) is 101 Å². The third kappa shape index (κ3) is 6.48. The molecule has 0 spiro atoms. The number of aryl methyl sites for hydroxylation is 1. The maximum absolute atomic E-state index is 13.7. The van der Waals surface area contributed by atoms with E-state index in [2.05, 4.69) is 15.5 Å². The number of ether oxygens (including phenoxy) is 1. The molecule has 202 valence electrons. The smallest absolute Gasteiger partial charge is 0.264 e. The Labute approximate surface area is 240 Å². The molecule has 0 fully saturated rings. The monoisotopic (exact) mass is 590 g/mol. The predicted octanol–water partition coefficient (Wildman–Crippen LogP) is 6.79. The molecule has 8 nitrogen and oxygen atoms in total. The van der Waals surface area contributed by atoms with Crippen LogP contribution < -0.4 is 14.4 Å². The van der Waals surface area contributed by atoms with Gasteiger partial charge < -0.3 is 4.74 Å².